The van der Waals surface area contributed by atoms with Crippen molar-refractivity contribution in [2.24, 2.45) is 0 Å². The minimum Gasteiger partial charge on any atom is -0.420 e. The quantitative estimate of drug-likeness (QED) is 0.687. The first kappa shape index (κ1) is 20.1. The highest BCUT2D eigenvalue weighted by Crippen LogP contribution is 2.38. The van der Waals surface area contributed by atoms with Gasteiger partial charge in [0.2, 0.25) is 0 Å². The van der Waals surface area contributed by atoms with E-state index in [1.165, 1.54) is 25.1 Å². The molecule has 0 aromatic heterocycles. The molecular formula is C20H18ClNO5S. The minimum absolute atomic E-state index is 0.0181. The fraction of sp³-hybridized carbons (Fsp3) is 0.200. The highest BCUT2D eigenvalue weighted by atomic mass is 35.5. The van der Waals surface area contributed by atoms with Crippen LogP contribution >= 0.6 is 11.6 Å². The third-order valence-electron chi connectivity index (χ3n) is 4.21. The van der Waals surface area contributed by atoms with Crippen LogP contribution in [0.1, 0.15) is 36.2 Å². The van der Waals surface area contributed by atoms with Gasteiger partial charge in [-0.3, -0.25) is 9.10 Å². The normalized spacial score (nSPS) is 15.2. The van der Waals surface area contributed by atoms with Gasteiger partial charge in [-0.1, -0.05) is 42.8 Å². The fourth-order valence-corrected chi connectivity index (χ4v) is 5.02. The van der Waals surface area contributed by atoms with Crippen molar-refractivity contribution in [1.29, 1.82) is 0 Å². The first-order chi connectivity index (χ1) is 13.3. The minimum atomic E-state index is -3.94. The molecule has 2 aromatic rings. The molecule has 0 radical (unpaired) electrons. The molecule has 1 aliphatic heterocycles. The highest BCUT2D eigenvalue weighted by Gasteiger charge is 2.40. The maximum absolute atomic E-state index is 13.0. The molecule has 1 aliphatic rings. The van der Waals surface area contributed by atoms with Gasteiger partial charge in [0.1, 0.15) is 5.70 Å². The van der Waals surface area contributed by atoms with E-state index >= 15 is 0 Å². The number of sulfonamides is 1. The largest absolute Gasteiger partial charge is 0.420 e. The Morgan fingerprint density at radius 1 is 1.07 bits per heavy atom. The van der Waals surface area contributed by atoms with Crippen LogP contribution < -0.4 is 0 Å². The summed E-state index contributed by atoms with van der Waals surface area (Å²) in [4.78, 5) is 25.1. The second-order valence-electron chi connectivity index (χ2n) is 6.18. The Bertz CT molecular complexity index is 1090. The molecule has 0 bridgehead atoms. The molecule has 0 spiro atoms. The SMILES string of the molecule is CCCN1C(C(C)=O)=C(OC(=O)c2ccccc2Cl)c2ccccc2S1(=O)=O. The van der Waals surface area contributed by atoms with Gasteiger partial charge in [0.25, 0.3) is 10.0 Å². The van der Waals surface area contributed by atoms with Gasteiger partial charge < -0.3 is 4.74 Å². The summed E-state index contributed by atoms with van der Waals surface area (Å²) >= 11 is 6.07. The number of Topliss-reactive ketones (excluding diaryl/α,β-unsaturated/α-hetero) is 1. The van der Waals surface area contributed by atoms with Gasteiger partial charge in [-0.25, -0.2) is 13.2 Å². The van der Waals surface area contributed by atoms with E-state index < -0.39 is 21.8 Å². The van der Waals surface area contributed by atoms with Gasteiger partial charge >= 0.3 is 5.97 Å². The van der Waals surface area contributed by atoms with Crippen molar-refractivity contribution >= 4 is 39.1 Å². The molecule has 0 N–H and O–H groups in total. The number of benzene rings is 2. The molecule has 2 aromatic carbocycles. The van der Waals surface area contributed by atoms with Crippen molar-refractivity contribution < 1.29 is 22.7 Å². The molecule has 0 saturated carbocycles. The van der Waals surface area contributed by atoms with E-state index in [0.29, 0.717) is 6.42 Å². The third-order valence-corrected chi connectivity index (χ3v) is 6.40. The second kappa shape index (κ2) is 7.77. The topological polar surface area (TPSA) is 80.8 Å². The van der Waals surface area contributed by atoms with Crippen LogP contribution in [0.4, 0.5) is 0 Å². The van der Waals surface area contributed by atoms with E-state index in [4.69, 9.17) is 16.3 Å². The third kappa shape index (κ3) is 3.43. The predicted molar refractivity (Wildman–Crippen MR) is 105 cm³/mol. The number of carbonyl (C=O) groups is 2. The summed E-state index contributed by atoms with van der Waals surface area (Å²) in [5, 5.41) is 0.194. The molecular weight excluding hydrogens is 402 g/mol. The van der Waals surface area contributed by atoms with Gasteiger partial charge in [0, 0.05) is 19.0 Å². The summed E-state index contributed by atoms with van der Waals surface area (Å²) < 4.78 is 32.6. The number of esters is 1. The Kier molecular flexibility index (Phi) is 5.58. The lowest BCUT2D eigenvalue weighted by atomic mass is 10.1. The Balaban J connectivity index is 2.22. The first-order valence-corrected chi connectivity index (χ1v) is 10.4. The number of allylic oxidation sites excluding steroid dienone is 1. The smallest absolute Gasteiger partial charge is 0.345 e. The van der Waals surface area contributed by atoms with Crippen molar-refractivity contribution in [2.75, 3.05) is 6.54 Å². The maximum Gasteiger partial charge on any atom is 0.345 e. The summed E-state index contributed by atoms with van der Waals surface area (Å²) in [6, 6.07) is 12.5. The van der Waals surface area contributed by atoms with E-state index in [9.17, 15) is 18.0 Å². The van der Waals surface area contributed by atoms with Crippen LogP contribution in [0.3, 0.4) is 0 Å². The summed E-state index contributed by atoms with van der Waals surface area (Å²) in [7, 11) is -3.94. The average Bonchev–Trinajstić information content (AvgIpc) is 2.66. The van der Waals surface area contributed by atoms with Crippen LogP contribution in [0.5, 0.6) is 0 Å². The highest BCUT2D eigenvalue weighted by molar-refractivity contribution is 7.89. The Hall–Kier alpha value is -2.64. The number of ether oxygens (including phenoxy) is 1. The zero-order valence-corrected chi connectivity index (χ0v) is 16.9. The van der Waals surface area contributed by atoms with Crippen LogP contribution in [0.25, 0.3) is 5.76 Å². The van der Waals surface area contributed by atoms with Crippen LogP contribution in [-0.2, 0) is 19.6 Å². The maximum atomic E-state index is 13.0. The monoisotopic (exact) mass is 419 g/mol. The fourth-order valence-electron chi connectivity index (χ4n) is 3.01. The van der Waals surface area contributed by atoms with Crippen LogP contribution in [0, 0.1) is 0 Å². The lowest BCUT2D eigenvalue weighted by Gasteiger charge is -2.32. The van der Waals surface area contributed by atoms with E-state index in [-0.39, 0.29) is 39.0 Å². The van der Waals surface area contributed by atoms with Crippen molar-refractivity contribution in [3.63, 3.8) is 0 Å². The van der Waals surface area contributed by atoms with E-state index in [1.54, 1.807) is 37.3 Å². The molecule has 0 amide bonds. The molecule has 1 heterocycles. The predicted octanol–water partition coefficient (Wildman–Crippen LogP) is 3.87. The first-order valence-electron chi connectivity index (χ1n) is 8.63. The lowest BCUT2D eigenvalue weighted by molar-refractivity contribution is -0.114. The molecule has 0 fully saturated rings. The van der Waals surface area contributed by atoms with Gasteiger partial charge in [-0.05, 0) is 30.7 Å². The number of ketones is 1. The van der Waals surface area contributed by atoms with Crippen LogP contribution in [0.2, 0.25) is 5.02 Å². The van der Waals surface area contributed by atoms with Gasteiger partial charge in [-0.15, -0.1) is 0 Å². The molecule has 0 aliphatic carbocycles. The number of fused-ring (bicyclic) bond motifs is 1. The summed E-state index contributed by atoms with van der Waals surface area (Å²) in [6.07, 6.45) is 0.476. The molecule has 8 heteroatoms. The zero-order chi connectivity index (χ0) is 20.5. The van der Waals surface area contributed by atoms with Crippen molar-refractivity contribution in [3.8, 4) is 0 Å². The average molecular weight is 420 g/mol. The number of halogens is 1. The number of rotatable bonds is 5. The summed E-state index contributed by atoms with van der Waals surface area (Å²) in [5.74, 6) is -1.38. The molecule has 3 rings (SSSR count). The molecule has 6 nitrogen and oxygen atoms in total. The van der Waals surface area contributed by atoms with Crippen molar-refractivity contribution in [2.45, 2.75) is 25.2 Å². The van der Waals surface area contributed by atoms with Gasteiger partial charge in [0.05, 0.1) is 15.5 Å². The number of nitrogens with zero attached hydrogens (tertiary/aromatic N) is 1. The van der Waals surface area contributed by atoms with Gasteiger partial charge in [-0.2, -0.15) is 0 Å². The Morgan fingerprint density at radius 3 is 2.36 bits per heavy atom. The lowest BCUT2D eigenvalue weighted by Crippen LogP contribution is -2.38. The molecule has 0 unspecified atom stereocenters. The van der Waals surface area contributed by atoms with Gasteiger partial charge in [0.15, 0.2) is 11.5 Å². The van der Waals surface area contributed by atoms with Crippen molar-refractivity contribution in [3.05, 3.63) is 70.4 Å². The van der Waals surface area contributed by atoms with Crippen LogP contribution in [-0.4, -0.2) is 31.0 Å². The zero-order valence-electron chi connectivity index (χ0n) is 15.3. The Labute approximate surface area is 168 Å². The molecule has 0 atom stereocenters. The molecule has 146 valence electrons. The second-order valence-corrected chi connectivity index (χ2v) is 8.41. The summed E-state index contributed by atoms with van der Waals surface area (Å²) in [5.41, 5.74) is 0.119. The number of carbonyl (C=O) groups excluding carboxylic acids is 2. The van der Waals surface area contributed by atoms with E-state index in [0.717, 1.165) is 4.31 Å². The number of hydrogen-bond acceptors (Lipinski definition) is 5. The van der Waals surface area contributed by atoms with E-state index in [1.807, 2.05) is 0 Å². The summed E-state index contributed by atoms with van der Waals surface area (Å²) in [6.45, 7) is 3.12. The number of hydrogen-bond donors (Lipinski definition) is 0. The standard InChI is InChI=1S/C20H18ClNO5S/c1-3-12-22-18(13(2)23)19(15-9-5-7-11-17(15)28(22,25)26)27-20(24)14-8-4-6-10-16(14)21/h4-11H,3,12H2,1-2H3. The van der Waals surface area contributed by atoms with E-state index in [2.05, 4.69) is 0 Å². The van der Waals surface area contributed by atoms with Crippen LogP contribution in [0.15, 0.2) is 59.1 Å². The Morgan fingerprint density at radius 2 is 1.71 bits per heavy atom. The van der Waals surface area contributed by atoms with Crippen molar-refractivity contribution in [1.82, 2.24) is 4.31 Å². The molecule has 0 saturated heterocycles. The molecule has 28 heavy (non-hydrogen) atoms.